The van der Waals surface area contributed by atoms with Gasteiger partial charge in [0.1, 0.15) is 11.4 Å². The van der Waals surface area contributed by atoms with Crippen molar-refractivity contribution in [3.8, 4) is 0 Å². The summed E-state index contributed by atoms with van der Waals surface area (Å²) in [7, 11) is 0. The van der Waals surface area contributed by atoms with E-state index in [9.17, 15) is 18.0 Å². The number of aromatic nitrogens is 2. The summed E-state index contributed by atoms with van der Waals surface area (Å²) in [6.07, 6.45) is 0.411. The summed E-state index contributed by atoms with van der Waals surface area (Å²) in [5, 5.41) is 2.77. The molecule has 5 nitrogen and oxygen atoms in total. The van der Waals surface area contributed by atoms with Crippen molar-refractivity contribution in [3.05, 3.63) is 95.3 Å². The number of nitrogens with one attached hydrogen (secondary N) is 1. The molecule has 1 N–H and O–H groups in total. The average Bonchev–Trinajstić information content (AvgIpc) is 3.41. The lowest BCUT2D eigenvalue weighted by molar-refractivity contribution is -0.137. The highest BCUT2D eigenvalue weighted by Crippen LogP contribution is 2.34. The largest absolute Gasteiger partial charge is 0.467 e. The van der Waals surface area contributed by atoms with Crippen molar-refractivity contribution in [1.29, 1.82) is 0 Å². The van der Waals surface area contributed by atoms with Crippen molar-refractivity contribution in [2.24, 2.45) is 0 Å². The fourth-order valence-corrected chi connectivity index (χ4v) is 3.61. The summed E-state index contributed by atoms with van der Waals surface area (Å²) in [4.78, 5) is 17.1. The second-order valence-corrected chi connectivity index (χ2v) is 7.30. The Kier molecular flexibility index (Phi) is 5.54. The molecule has 0 aliphatic rings. The zero-order chi connectivity index (χ0) is 22.0. The van der Waals surface area contributed by atoms with Crippen molar-refractivity contribution in [2.75, 3.05) is 0 Å². The molecule has 0 saturated heterocycles. The lowest BCUT2D eigenvalue weighted by Gasteiger charge is -2.19. The molecular weight excluding hydrogens is 407 g/mol. The fraction of sp³-hybridized carbons (Fsp3) is 0.217. The monoisotopic (exact) mass is 427 g/mol. The minimum Gasteiger partial charge on any atom is -0.467 e. The smallest absolute Gasteiger partial charge is 0.416 e. The van der Waals surface area contributed by atoms with Gasteiger partial charge >= 0.3 is 6.18 Å². The SMILES string of the molecule is Cc1cccn2c(C(CC(=O)NCc3ccco3)c3cccc(C(F)(F)F)c3)cnc12. The third-order valence-electron chi connectivity index (χ3n) is 5.16. The molecular formula is C23H20F3N3O2. The molecule has 31 heavy (non-hydrogen) atoms. The molecule has 160 valence electrons. The van der Waals surface area contributed by atoms with Gasteiger partial charge in [-0.2, -0.15) is 13.2 Å². The molecule has 0 aliphatic heterocycles. The fourth-order valence-electron chi connectivity index (χ4n) is 3.61. The van der Waals surface area contributed by atoms with Crippen molar-refractivity contribution in [2.45, 2.75) is 32.0 Å². The van der Waals surface area contributed by atoms with Crippen LogP contribution in [0.2, 0.25) is 0 Å². The van der Waals surface area contributed by atoms with E-state index in [0.29, 0.717) is 22.7 Å². The predicted octanol–water partition coefficient (Wildman–Crippen LogP) is 5.09. The standard InChI is InChI=1S/C23H20F3N3O2/c1-15-5-3-9-29-20(14-28-22(15)29)19(12-21(30)27-13-18-8-4-10-31-18)16-6-2-7-17(11-16)23(24,25)26/h2-11,14,19H,12-13H2,1H3,(H,27,30). The minimum absolute atomic E-state index is 0.0379. The number of amides is 1. The Morgan fingerprint density at radius 2 is 2.03 bits per heavy atom. The second kappa shape index (κ2) is 8.29. The number of carbonyl (C=O) groups excluding carboxylic acids is 1. The first-order chi connectivity index (χ1) is 14.8. The van der Waals surface area contributed by atoms with Crippen LogP contribution in [0.5, 0.6) is 0 Å². The van der Waals surface area contributed by atoms with E-state index in [1.54, 1.807) is 30.6 Å². The van der Waals surface area contributed by atoms with Crippen LogP contribution in [0.3, 0.4) is 0 Å². The molecule has 0 saturated carbocycles. The Balaban J connectivity index is 1.70. The Morgan fingerprint density at radius 1 is 1.19 bits per heavy atom. The first-order valence-corrected chi connectivity index (χ1v) is 9.72. The highest BCUT2D eigenvalue weighted by molar-refractivity contribution is 5.77. The predicted molar refractivity (Wildman–Crippen MR) is 108 cm³/mol. The average molecular weight is 427 g/mol. The number of carbonyl (C=O) groups is 1. The van der Waals surface area contributed by atoms with Gasteiger partial charge in [0.15, 0.2) is 0 Å². The summed E-state index contributed by atoms with van der Waals surface area (Å²) in [5.74, 6) is -0.327. The molecule has 1 aromatic carbocycles. The molecule has 8 heteroatoms. The van der Waals surface area contributed by atoms with E-state index in [4.69, 9.17) is 4.42 Å². The zero-order valence-electron chi connectivity index (χ0n) is 16.7. The molecule has 0 radical (unpaired) electrons. The minimum atomic E-state index is -4.47. The van der Waals surface area contributed by atoms with Gasteiger partial charge in [0.05, 0.1) is 24.1 Å². The van der Waals surface area contributed by atoms with E-state index in [-0.39, 0.29) is 18.9 Å². The topological polar surface area (TPSA) is 59.5 Å². The van der Waals surface area contributed by atoms with Crippen LogP contribution in [0.15, 0.2) is 71.6 Å². The van der Waals surface area contributed by atoms with Crippen LogP contribution in [0, 0.1) is 6.92 Å². The van der Waals surface area contributed by atoms with Crippen LogP contribution in [0.1, 0.15) is 40.5 Å². The van der Waals surface area contributed by atoms with Crippen LogP contribution in [-0.4, -0.2) is 15.3 Å². The van der Waals surface area contributed by atoms with Gasteiger partial charge in [0, 0.05) is 24.7 Å². The Bertz CT molecular complexity index is 1200. The van der Waals surface area contributed by atoms with E-state index in [0.717, 1.165) is 17.7 Å². The van der Waals surface area contributed by atoms with Gasteiger partial charge in [-0.15, -0.1) is 0 Å². The van der Waals surface area contributed by atoms with Gasteiger partial charge in [-0.3, -0.25) is 4.79 Å². The highest BCUT2D eigenvalue weighted by atomic mass is 19.4. The van der Waals surface area contributed by atoms with Gasteiger partial charge < -0.3 is 14.1 Å². The van der Waals surface area contributed by atoms with Crippen molar-refractivity contribution in [3.63, 3.8) is 0 Å². The van der Waals surface area contributed by atoms with Crippen LogP contribution in [0.25, 0.3) is 5.65 Å². The number of hydrogen-bond acceptors (Lipinski definition) is 3. The van der Waals surface area contributed by atoms with Gasteiger partial charge in [-0.1, -0.05) is 24.3 Å². The summed E-state index contributed by atoms with van der Waals surface area (Å²) < 4.78 is 47.0. The maximum atomic E-state index is 13.3. The number of furan rings is 1. The molecule has 4 rings (SSSR count). The number of halogens is 3. The molecule has 3 heterocycles. The molecule has 0 bridgehead atoms. The van der Waals surface area contributed by atoms with Crippen LogP contribution in [-0.2, 0) is 17.5 Å². The summed E-state index contributed by atoms with van der Waals surface area (Å²) in [6.45, 7) is 2.11. The molecule has 0 spiro atoms. The van der Waals surface area contributed by atoms with E-state index >= 15 is 0 Å². The Morgan fingerprint density at radius 3 is 2.77 bits per heavy atom. The Labute approximate surface area is 176 Å². The molecule has 4 aromatic rings. The number of alkyl halides is 3. The summed E-state index contributed by atoms with van der Waals surface area (Å²) in [5.41, 5.74) is 1.91. The number of hydrogen-bond donors (Lipinski definition) is 1. The number of nitrogens with zero attached hydrogens (tertiary/aromatic N) is 2. The lowest BCUT2D eigenvalue weighted by Crippen LogP contribution is -2.25. The summed E-state index contributed by atoms with van der Waals surface area (Å²) >= 11 is 0. The van der Waals surface area contributed by atoms with Gasteiger partial charge in [0.2, 0.25) is 5.91 Å². The van der Waals surface area contributed by atoms with E-state index in [2.05, 4.69) is 10.3 Å². The third kappa shape index (κ3) is 4.47. The van der Waals surface area contributed by atoms with E-state index in [1.807, 2.05) is 23.5 Å². The molecule has 3 aromatic heterocycles. The number of pyridine rings is 1. The number of imidazole rings is 1. The van der Waals surface area contributed by atoms with Crippen LogP contribution in [0.4, 0.5) is 13.2 Å². The normalized spacial score (nSPS) is 12.8. The second-order valence-electron chi connectivity index (χ2n) is 7.30. The third-order valence-corrected chi connectivity index (χ3v) is 5.16. The maximum Gasteiger partial charge on any atom is 0.416 e. The van der Waals surface area contributed by atoms with Gasteiger partial charge in [-0.05, 0) is 42.3 Å². The van der Waals surface area contributed by atoms with E-state index in [1.165, 1.54) is 12.3 Å². The molecule has 1 atom stereocenters. The van der Waals surface area contributed by atoms with Crippen LogP contribution < -0.4 is 5.32 Å². The van der Waals surface area contributed by atoms with E-state index < -0.39 is 17.7 Å². The molecule has 1 unspecified atom stereocenters. The number of benzene rings is 1. The molecule has 0 fully saturated rings. The summed E-state index contributed by atoms with van der Waals surface area (Å²) in [6, 6.07) is 12.3. The zero-order valence-corrected chi connectivity index (χ0v) is 16.7. The van der Waals surface area contributed by atoms with Gasteiger partial charge in [-0.25, -0.2) is 4.98 Å². The highest BCUT2D eigenvalue weighted by Gasteiger charge is 2.32. The van der Waals surface area contributed by atoms with Crippen molar-refractivity contribution in [1.82, 2.24) is 14.7 Å². The Hall–Kier alpha value is -3.55. The maximum absolute atomic E-state index is 13.3. The number of rotatable bonds is 6. The molecule has 1 amide bonds. The van der Waals surface area contributed by atoms with Crippen molar-refractivity contribution < 1.29 is 22.4 Å². The number of fused-ring (bicyclic) bond motifs is 1. The number of aryl methyl sites for hydroxylation is 1. The van der Waals surface area contributed by atoms with Crippen molar-refractivity contribution >= 4 is 11.6 Å². The first kappa shape index (κ1) is 20.7. The molecule has 0 aliphatic carbocycles. The van der Waals surface area contributed by atoms with Gasteiger partial charge in [0.25, 0.3) is 0 Å². The first-order valence-electron chi connectivity index (χ1n) is 9.72. The van der Waals surface area contributed by atoms with Crippen LogP contribution >= 0.6 is 0 Å². The quantitative estimate of drug-likeness (QED) is 0.466. The lowest BCUT2D eigenvalue weighted by atomic mass is 9.91.